The summed E-state index contributed by atoms with van der Waals surface area (Å²) in [6.07, 6.45) is 9.68. The molecule has 0 aliphatic carbocycles. The van der Waals surface area contributed by atoms with Gasteiger partial charge in [0.2, 0.25) is 0 Å². The molecule has 0 radical (unpaired) electrons. The van der Waals surface area contributed by atoms with Crippen molar-refractivity contribution in [2.24, 2.45) is 0 Å². The van der Waals surface area contributed by atoms with Gasteiger partial charge in [0.1, 0.15) is 0 Å². The predicted molar refractivity (Wildman–Crippen MR) is 116 cm³/mol. The van der Waals surface area contributed by atoms with Gasteiger partial charge in [-0.2, -0.15) is 0 Å². The fourth-order valence-corrected chi connectivity index (χ4v) is 3.20. The van der Waals surface area contributed by atoms with E-state index in [9.17, 15) is 9.59 Å². The van der Waals surface area contributed by atoms with E-state index in [4.69, 9.17) is 0 Å². The van der Waals surface area contributed by atoms with Crippen molar-refractivity contribution in [1.29, 1.82) is 0 Å². The number of carbonyl (C=O) groups excluding carboxylic acids is 2. The maximum absolute atomic E-state index is 12.2. The third kappa shape index (κ3) is 4.33. The largest absolute Gasteiger partial charge is 0.294 e. The fraction of sp³-hybridized carbons (Fsp3) is 0.0400. The summed E-state index contributed by atoms with van der Waals surface area (Å²) in [5, 5.41) is 1.93. The average molecular weight is 378 g/mol. The van der Waals surface area contributed by atoms with Crippen LogP contribution in [0.4, 0.5) is 0 Å². The van der Waals surface area contributed by atoms with E-state index in [0.29, 0.717) is 0 Å². The summed E-state index contributed by atoms with van der Waals surface area (Å²) in [4.78, 5) is 33.0. The van der Waals surface area contributed by atoms with Gasteiger partial charge in [-0.15, -0.1) is 0 Å². The smallest absolute Gasteiger partial charge is 0.163 e. The number of pyridine rings is 2. The molecule has 2 heterocycles. The summed E-state index contributed by atoms with van der Waals surface area (Å²) in [7, 11) is 0. The molecule has 2 aromatic heterocycles. The molecule has 4 heteroatoms. The second kappa shape index (κ2) is 8.40. The van der Waals surface area contributed by atoms with Crippen molar-refractivity contribution in [2.45, 2.75) is 6.42 Å². The topological polar surface area (TPSA) is 59.9 Å². The van der Waals surface area contributed by atoms with Crippen molar-refractivity contribution in [3.63, 3.8) is 0 Å². The van der Waals surface area contributed by atoms with Crippen LogP contribution >= 0.6 is 0 Å². The predicted octanol–water partition coefficient (Wildman–Crippen LogP) is 5.04. The molecule has 0 atom stereocenters. The normalized spacial score (nSPS) is 11.6. The number of rotatable bonds is 6. The van der Waals surface area contributed by atoms with Gasteiger partial charge in [-0.1, -0.05) is 48.6 Å². The highest BCUT2D eigenvalue weighted by molar-refractivity contribution is 6.11. The van der Waals surface area contributed by atoms with E-state index in [1.165, 1.54) is 12.2 Å². The zero-order valence-corrected chi connectivity index (χ0v) is 15.7. The van der Waals surface area contributed by atoms with Crippen molar-refractivity contribution < 1.29 is 9.59 Å². The van der Waals surface area contributed by atoms with Crippen molar-refractivity contribution in [2.75, 3.05) is 0 Å². The van der Waals surface area contributed by atoms with Crippen LogP contribution in [0, 0.1) is 0 Å². The number of fused-ring (bicyclic) bond motifs is 2. The van der Waals surface area contributed by atoms with E-state index in [2.05, 4.69) is 9.97 Å². The van der Waals surface area contributed by atoms with Gasteiger partial charge < -0.3 is 0 Å². The summed E-state index contributed by atoms with van der Waals surface area (Å²) in [6.45, 7) is 0. The van der Waals surface area contributed by atoms with Crippen molar-refractivity contribution in [3.8, 4) is 0 Å². The minimum Gasteiger partial charge on any atom is -0.294 e. The van der Waals surface area contributed by atoms with E-state index in [0.717, 1.165) is 32.9 Å². The van der Waals surface area contributed by atoms with Crippen LogP contribution in [0.1, 0.15) is 17.5 Å². The second-order valence-corrected chi connectivity index (χ2v) is 6.61. The lowest BCUT2D eigenvalue weighted by Crippen LogP contribution is -2.02. The summed E-state index contributed by atoms with van der Waals surface area (Å²) in [5.74, 6) is -0.472. The lowest BCUT2D eigenvalue weighted by molar-refractivity contribution is -0.121. The van der Waals surface area contributed by atoms with Crippen LogP contribution < -0.4 is 0 Å². The van der Waals surface area contributed by atoms with E-state index in [-0.39, 0.29) is 18.0 Å². The van der Waals surface area contributed by atoms with E-state index in [1.54, 1.807) is 24.5 Å². The molecule has 140 valence electrons. The Hall–Kier alpha value is -3.92. The summed E-state index contributed by atoms with van der Waals surface area (Å²) in [6, 6.07) is 19.1. The molecule has 0 spiro atoms. The molecule has 0 aliphatic rings. The highest BCUT2D eigenvalue weighted by atomic mass is 16.1. The molecular weight excluding hydrogens is 360 g/mol. The molecule has 0 saturated carbocycles. The molecule has 0 saturated heterocycles. The average Bonchev–Trinajstić information content (AvgIpc) is 2.76. The standard InChI is InChI=1S/C25H18N2O2/c28-20(13-11-18-5-1-9-24-22(18)7-3-15-26-24)17-21(29)14-12-19-6-2-10-25-23(19)8-4-16-27-25/h1-16H,17H2/b13-11+,14-12+. The van der Waals surface area contributed by atoms with Crippen LogP contribution in [0.25, 0.3) is 34.0 Å². The minimum absolute atomic E-state index is 0.168. The monoisotopic (exact) mass is 378 g/mol. The minimum atomic E-state index is -0.236. The maximum Gasteiger partial charge on any atom is 0.163 e. The van der Waals surface area contributed by atoms with Crippen LogP contribution in [0.3, 0.4) is 0 Å². The Labute approximate surface area is 168 Å². The number of benzene rings is 2. The van der Waals surface area contributed by atoms with E-state index >= 15 is 0 Å². The van der Waals surface area contributed by atoms with Crippen LogP contribution in [0.2, 0.25) is 0 Å². The number of aromatic nitrogens is 2. The first kappa shape index (κ1) is 18.4. The van der Waals surface area contributed by atoms with Gasteiger partial charge in [-0.3, -0.25) is 19.6 Å². The van der Waals surface area contributed by atoms with E-state index in [1.807, 2.05) is 60.7 Å². The van der Waals surface area contributed by atoms with Crippen LogP contribution in [-0.4, -0.2) is 21.5 Å². The Bertz CT molecular complexity index is 1160. The van der Waals surface area contributed by atoms with Crippen molar-refractivity contribution in [1.82, 2.24) is 9.97 Å². The van der Waals surface area contributed by atoms with Gasteiger partial charge >= 0.3 is 0 Å². The molecule has 4 aromatic rings. The Morgan fingerprint density at radius 3 is 1.62 bits per heavy atom. The quantitative estimate of drug-likeness (QED) is 0.348. The van der Waals surface area contributed by atoms with Gasteiger partial charge in [0, 0.05) is 23.2 Å². The second-order valence-electron chi connectivity index (χ2n) is 6.61. The third-order valence-corrected chi connectivity index (χ3v) is 4.60. The van der Waals surface area contributed by atoms with Gasteiger partial charge in [-0.05, 0) is 47.5 Å². The first-order chi connectivity index (χ1) is 14.2. The van der Waals surface area contributed by atoms with Gasteiger partial charge in [0.15, 0.2) is 11.6 Å². The molecule has 0 N–H and O–H groups in total. The molecule has 0 aliphatic heterocycles. The first-order valence-corrected chi connectivity index (χ1v) is 9.30. The Balaban J connectivity index is 1.45. The summed E-state index contributed by atoms with van der Waals surface area (Å²) < 4.78 is 0. The maximum atomic E-state index is 12.2. The van der Waals surface area contributed by atoms with Crippen molar-refractivity contribution >= 4 is 45.5 Å². The van der Waals surface area contributed by atoms with Gasteiger partial charge in [-0.25, -0.2) is 0 Å². The number of ketones is 2. The highest BCUT2D eigenvalue weighted by Gasteiger charge is 2.05. The zero-order valence-electron chi connectivity index (χ0n) is 15.7. The zero-order chi connectivity index (χ0) is 20.1. The number of hydrogen-bond acceptors (Lipinski definition) is 4. The molecule has 0 amide bonds. The molecular formula is C25H18N2O2. The molecule has 0 unspecified atom stereocenters. The third-order valence-electron chi connectivity index (χ3n) is 4.60. The SMILES string of the molecule is O=C(/C=C/c1cccc2ncccc12)CC(=O)/C=C/c1cccc2ncccc12. The molecule has 4 rings (SSSR count). The lowest BCUT2D eigenvalue weighted by Gasteiger charge is -2.01. The molecule has 2 aromatic carbocycles. The van der Waals surface area contributed by atoms with Crippen LogP contribution in [-0.2, 0) is 9.59 Å². The van der Waals surface area contributed by atoms with Crippen LogP contribution in [0.5, 0.6) is 0 Å². The highest BCUT2D eigenvalue weighted by Crippen LogP contribution is 2.19. The molecule has 0 bridgehead atoms. The molecule has 0 fully saturated rings. The van der Waals surface area contributed by atoms with Gasteiger partial charge in [0.25, 0.3) is 0 Å². The fourth-order valence-electron chi connectivity index (χ4n) is 3.20. The summed E-state index contributed by atoms with van der Waals surface area (Å²) >= 11 is 0. The Kier molecular flexibility index (Phi) is 5.34. The first-order valence-electron chi connectivity index (χ1n) is 9.30. The number of carbonyl (C=O) groups is 2. The molecule has 29 heavy (non-hydrogen) atoms. The van der Waals surface area contributed by atoms with Crippen molar-refractivity contribution in [3.05, 3.63) is 96.3 Å². The van der Waals surface area contributed by atoms with E-state index < -0.39 is 0 Å². The lowest BCUT2D eigenvalue weighted by atomic mass is 10.1. The number of nitrogens with zero attached hydrogens (tertiary/aromatic N) is 2. The Morgan fingerprint density at radius 1 is 0.655 bits per heavy atom. The number of hydrogen-bond donors (Lipinski definition) is 0. The number of allylic oxidation sites excluding steroid dienone is 2. The van der Waals surface area contributed by atoms with Gasteiger partial charge in [0.05, 0.1) is 17.5 Å². The summed E-state index contributed by atoms with van der Waals surface area (Å²) in [5.41, 5.74) is 3.53. The van der Waals surface area contributed by atoms with Crippen LogP contribution in [0.15, 0.2) is 85.2 Å². The molecule has 4 nitrogen and oxygen atoms in total. The Morgan fingerprint density at radius 2 is 1.14 bits per heavy atom.